The molecule has 0 radical (unpaired) electrons. The Morgan fingerprint density at radius 1 is 1.28 bits per heavy atom. The van der Waals surface area contributed by atoms with Crippen molar-refractivity contribution < 1.29 is 13.9 Å². The molecule has 0 saturated carbocycles. The number of nitrogens with one attached hydrogen (secondary N) is 1. The number of methoxy groups -OCH3 is 1. The zero-order valence-corrected chi connectivity index (χ0v) is 14.1. The van der Waals surface area contributed by atoms with E-state index >= 15 is 0 Å². The number of aromatic nitrogens is 2. The molecule has 7 heteroatoms. The minimum atomic E-state index is -0.347. The molecular weight excluding hydrogens is 345 g/mol. The first-order chi connectivity index (χ1) is 12.0. The fourth-order valence-corrected chi connectivity index (χ4v) is 2.52. The number of halogens is 2. The Morgan fingerprint density at radius 2 is 2.04 bits per heavy atom. The van der Waals surface area contributed by atoms with Gasteiger partial charge in [-0.25, -0.2) is 4.39 Å². The van der Waals surface area contributed by atoms with E-state index in [-0.39, 0.29) is 11.7 Å². The first kappa shape index (κ1) is 17.0. The fourth-order valence-electron chi connectivity index (χ4n) is 2.35. The van der Waals surface area contributed by atoms with Gasteiger partial charge in [0.15, 0.2) is 0 Å². The molecule has 3 rings (SSSR count). The van der Waals surface area contributed by atoms with Gasteiger partial charge >= 0.3 is 0 Å². The largest absolute Gasteiger partial charge is 0.496 e. The van der Waals surface area contributed by atoms with E-state index in [4.69, 9.17) is 16.3 Å². The first-order valence-electron chi connectivity index (χ1n) is 7.47. The number of benzene rings is 2. The maximum absolute atomic E-state index is 12.9. The lowest BCUT2D eigenvalue weighted by Gasteiger charge is -2.08. The molecule has 1 N–H and O–H groups in total. The summed E-state index contributed by atoms with van der Waals surface area (Å²) in [5, 5.41) is 7.39. The third-order valence-corrected chi connectivity index (χ3v) is 3.79. The topological polar surface area (TPSA) is 56.1 Å². The van der Waals surface area contributed by atoms with Crippen LogP contribution < -0.4 is 10.1 Å². The minimum Gasteiger partial charge on any atom is -0.496 e. The third-order valence-electron chi connectivity index (χ3n) is 3.56. The molecule has 0 saturated heterocycles. The van der Waals surface area contributed by atoms with Crippen LogP contribution in [0.5, 0.6) is 5.75 Å². The lowest BCUT2D eigenvalue weighted by atomic mass is 10.2. The van der Waals surface area contributed by atoms with E-state index < -0.39 is 0 Å². The number of rotatable bonds is 5. The van der Waals surface area contributed by atoms with Gasteiger partial charge in [0.25, 0.3) is 5.91 Å². The van der Waals surface area contributed by atoms with Crippen LogP contribution >= 0.6 is 11.6 Å². The third kappa shape index (κ3) is 4.16. The van der Waals surface area contributed by atoms with Gasteiger partial charge in [0, 0.05) is 11.2 Å². The molecule has 3 aromatic rings. The molecule has 2 aromatic carbocycles. The van der Waals surface area contributed by atoms with Gasteiger partial charge in [0.05, 0.1) is 31.1 Å². The van der Waals surface area contributed by atoms with Crippen LogP contribution in [0.4, 0.5) is 10.1 Å². The average Bonchev–Trinajstić information content (AvgIpc) is 3.03. The molecule has 0 aliphatic heterocycles. The molecule has 0 spiro atoms. The van der Waals surface area contributed by atoms with Crippen molar-refractivity contribution in [3.8, 4) is 5.75 Å². The van der Waals surface area contributed by atoms with Crippen LogP contribution in [-0.4, -0.2) is 22.8 Å². The Hall–Kier alpha value is -2.86. The van der Waals surface area contributed by atoms with Crippen molar-refractivity contribution in [2.24, 2.45) is 0 Å². The van der Waals surface area contributed by atoms with Gasteiger partial charge in [0.1, 0.15) is 11.6 Å². The van der Waals surface area contributed by atoms with Crippen LogP contribution in [0.3, 0.4) is 0 Å². The summed E-state index contributed by atoms with van der Waals surface area (Å²) in [5.74, 6) is -0.200. The molecule has 0 unspecified atom stereocenters. The standard InChI is InChI=1S/C18H15ClFN3O2/c1-25-17-7-4-13(19)8-16(17)18(24)22-15-9-21-23(11-15)10-12-2-5-14(20)6-3-12/h2-9,11H,10H2,1H3,(H,22,24). The molecule has 0 atom stereocenters. The van der Waals surface area contributed by atoms with Crippen molar-refractivity contribution in [2.75, 3.05) is 12.4 Å². The van der Waals surface area contributed by atoms with Gasteiger partial charge in [-0.15, -0.1) is 0 Å². The molecular formula is C18H15ClFN3O2. The summed E-state index contributed by atoms with van der Waals surface area (Å²) in [6.07, 6.45) is 3.23. The second-order valence-corrected chi connectivity index (χ2v) is 5.79. The van der Waals surface area contributed by atoms with Crippen molar-refractivity contribution in [1.82, 2.24) is 9.78 Å². The van der Waals surface area contributed by atoms with Gasteiger partial charge in [-0.1, -0.05) is 23.7 Å². The highest BCUT2D eigenvalue weighted by atomic mass is 35.5. The van der Waals surface area contributed by atoms with Crippen LogP contribution in [0.2, 0.25) is 5.02 Å². The lowest BCUT2D eigenvalue weighted by Crippen LogP contribution is -2.12. The van der Waals surface area contributed by atoms with E-state index in [1.54, 1.807) is 47.4 Å². The van der Waals surface area contributed by atoms with Gasteiger partial charge in [-0.2, -0.15) is 5.10 Å². The maximum Gasteiger partial charge on any atom is 0.259 e. The van der Waals surface area contributed by atoms with Gasteiger partial charge < -0.3 is 10.1 Å². The fraction of sp³-hybridized carbons (Fsp3) is 0.111. The van der Waals surface area contributed by atoms with Crippen molar-refractivity contribution in [1.29, 1.82) is 0 Å². The summed E-state index contributed by atoms with van der Waals surface area (Å²) in [6.45, 7) is 0.469. The maximum atomic E-state index is 12.9. The Morgan fingerprint density at radius 3 is 2.76 bits per heavy atom. The zero-order chi connectivity index (χ0) is 17.8. The van der Waals surface area contributed by atoms with Crippen molar-refractivity contribution in [3.63, 3.8) is 0 Å². The van der Waals surface area contributed by atoms with Crippen LogP contribution in [-0.2, 0) is 6.54 Å². The summed E-state index contributed by atoms with van der Waals surface area (Å²) in [4.78, 5) is 12.4. The molecule has 1 heterocycles. The molecule has 128 valence electrons. The normalized spacial score (nSPS) is 10.5. The van der Waals surface area contributed by atoms with Crippen LogP contribution in [0.15, 0.2) is 54.9 Å². The molecule has 1 amide bonds. The van der Waals surface area contributed by atoms with E-state index in [2.05, 4.69) is 10.4 Å². The molecule has 0 fully saturated rings. The number of anilines is 1. The Bertz CT molecular complexity index is 894. The number of carbonyl (C=O) groups excluding carboxylic acids is 1. The summed E-state index contributed by atoms with van der Waals surface area (Å²) < 4.78 is 19.8. The molecule has 0 aliphatic rings. The van der Waals surface area contributed by atoms with E-state index in [1.165, 1.54) is 19.2 Å². The highest BCUT2D eigenvalue weighted by Crippen LogP contribution is 2.23. The predicted molar refractivity (Wildman–Crippen MR) is 93.7 cm³/mol. The van der Waals surface area contributed by atoms with Crippen molar-refractivity contribution >= 4 is 23.2 Å². The number of hydrogen-bond acceptors (Lipinski definition) is 3. The van der Waals surface area contributed by atoms with Crippen molar-refractivity contribution in [2.45, 2.75) is 6.54 Å². The van der Waals surface area contributed by atoms with E-state index in [9.17, 15) is 9.18 Å². The summed E-state index contributed by atoms with van der Waals surface area (Å²) in [6, 6.07) is 11.0. The minimum absolute atomic E-state index is 0.285. The average molecular weight is 360 g/mol. The quantitative estimate of drug-likeness (QED) is 0.749. The van der Waals surface area contributed by atoms with E-state index in [1.807, 2.05) is 0 Å². The van der Waals surface area contributed by atoms with Gasteiger partial charge in [0.2, 0.25) is 0 Å². The Balaban J connectivity index is 1.72. The van der Waals surface area contributed by atoms with E-state index in [0.29, 0.717) is 28.6 Å². The molecule has 0 bridgehead atoms. The highest BCUT2D eigenvalue weighted by Gasteiger charge is 2.14. The Labute approximate surface area is 149 Å². The number of nitrogens with zero attached hydrogens (tertiary/aromatic N) is 2. The number of carbonyl (C=O) groups is 1. The first-order valence-corrected chi connectivity index (χ1v) is 7.85. The van der Waals surface area contributed by atoms with Crippen LogP contribution in [0.1, 0.15) is 15.9 Å². The zero-order valence-electron chi connectivity index (χ0n) is 13.4. The number of ether oxygens (including phenoxy) is 1. The molecule has 25 heavy (non-hydrogen) atoms. The molecule has 0 aliphatic carbocycles. The Kier molecular flexibility index (Phi) is 5.00. The van der Waals surface area contributed by atoms with Crippen molar-refractivity contribution in [3.05, 3.63) is 76.8 Å². The van der Waals surface area contributed by atoms with E-state index in [0.717, 1.165) is 5.56 Å². The summed E-state index contributed by atoms with van der Waals surface area (Å²) in [7, 11) is 1.49. The van der Waals surface area contributed by atoms with Crippen LogP contribution in [0, 0.1) is 5.82 Å². The molecule has 1 aromatic heterocycles. The predicted octanol–water partition coefficient (Wildman–Crippen LogP) is 3.98. The van der Waals surface area contributed by atoms with Gasteiger partial charge in [-0.05, 0) is 35.9 Å². The lowest BCUT2D eigenvalue weighted by molar-refractivity contribution is 0.102. The highest BCUT2D eigenvalue weighted by molar-refractivity contribution is 6.31. The summed E-state index contributed by atoms with van der Waals surface area (Å²) in [5.41, 5.74) is 1.77. The second kappa shape index (κ2) is 7.36. The monoisotopic (exact) mass is 359 g/mol. The van der Waals surface area contributed by atoms with Crippen LogP contribution in [0.25, 0.3) is 0 Å². The second-order valence-electron chi connectivity index (χ2n) is 5.35. The number of amides is 1. The van der Waals surface area contributed by atoms with Gasteiger partial charge in [-0.3, -0.25) is 9.48 Å². The SMILES string of the molecule is COc1ccc(Cl)cc1C(=O)Nc1cnn(Cc2ccc(F)cc2)c1. The summed E-state index contributed by atoms with van der Waals surface area (Å²) >= 11 is 5.95. The smallest absolute Gasteiger partial charge is 0.259 e. The number of hydrogen-bond donors (Lipinski definition) is 1. The molecule has 5 nitrogen and oxygen atoms in total.